The molecule has 11 rings (SSSR count). The molecule has 0 saturated carbocycles. The number of thiophene rings is 1. The molecule has 286 valence electrons. The average molecular weight is 796 g/mol. The number of nitrogens with zero attached hydrogens (tertiary/aromatic N) is 3. The number of aromatic nitrogens is 3. The molecule has 0 unspecified atom stereocenters. The van der Waals surface area contributed by atoms with Crippen LogP contribution in [0.3, 0.4) is 0 Å². The summed E-state index contributed by atoms with van der Waals surface area (Å²) >= 11 is 1.85. The predicted molar refractivity (Wildman–Crippen MR) is 256 cm³/mol. The zero-order chi connectivity index (χ0) is 40.5. The summed E-state index contributed by atoms with van der Waals surface area (Å²) in [6.07, 6.45) is 0. The van der Waals surface area contributed by atoms with Gasteiger partial charge in [0, 0.05) is 36.9 Å². The van der Waals surface area contributed by atoms with Crippen LogP contribution >= 0.6 is 11.3 Å². The fraction of sp³-hybridized carbons (Fsp3) is 0. The Balaban J connectivity index is 1.02. The van der Waals surface area contributed by atoms with E-state index in [0.717, 1.165) is 50.1 Å². The maximum Gasteiger partial charge on any atom is 0.164 e. The molecule has 0 N–H and O–H groups in total. The Labute approximate surface area is 359 Å². The highest BCUT2D eigenvalue weighted by molar-refractivity contribution is 7.26. The van der Waals surface area contributed by atoms with E-state index >= 15 is 0 Å². The Morgan fingerprint density at radius 1 is 0.246 bits per heavy atom. The molecule has 0 spiro atoms. The van der Waals surface area contributed by atoms with Gasteiger partial charge in [-0.25, -0.2) is 15.0 Å². The van der Waals surface area contributed by atoms with Gasteiger partial charge in [0.2, 0.25) is 0 Å². The minimum absolute atomic E-state index is 0.621. The molecule has 0 aliphatic heterocycles. The van der Waals surface area contributed by atoms with Crippen LogP contribution in [-0.4, -0.2) is 15.0 Å². The van der Waals surface area contributed by atoms with E-state index in [4.69, 9.17) is 15.0 Å². The van der Waals surface area contributed by atoms with Gasteiger partial charge in [0.05, 0.1) is 0 Å². The van der Waals surface area contributed by atoms with Crippen molar-refractivity contribution >= 4 is 31.5 Å². The van der Waals surface area contributed by atoms with Crippen LogP contribution in [0, 0.1) is 0 Å². The first-order valence-corrected chi connectivity index (χ1v) is 21.3. The lowest BCUT2D eigenvalue weighted by molar-refractivity contribution is 1.07. The molecule has 9 aromatic carbocycles. The van der Waals surface area contributed by atoms with Gasteiger partial charge in [-0.2, -0.15) is 0 Å². The third kappa shape index (κ3) is 7.20. The van der Waals surface area contributed by atoms with E-state index in [9.17, 15) is 0 Å². The lowest BCUT2D eigenvalue weighted by Crippen LogP contribution is -2.00. The second kappa shape index (κ2) is 15.8. The Kier molecular flexibility index (Phi) is 9.38. The van der Waals surface area contributed by atoms with Gasteiger partial charge < -0.3 is 0 Å². The first kappa shape index (κ1) is 36.3. The zero-order valence-corrected chi connectivity index (χ0v) is 33.9. The van der Waals surface area contributed by atoms with Gasteiger partial charge in [-0.05, 0) is 86.0 Å². The lowest BCUT2D eigenvalue weighted by Gasteiger charge is -2.13. The lowest BCUT2D eigenvalue weighted by atomic mass is 9.93. The first-order valence-electron chi connectivity index (χ1n) is 20.5. The van der Waals surface area contributed by atoms with Gasteiger partial charge in [-0.3, -0.25) is 0 Å². The molecule has 2 heterocycles. The number of fused-ring (bicyclic) bond motifs is 3. The molecule has 0 aliphatic carbocycles. The van der Waals surface area contributed by atoms with Gasteiger partial charge >= 0.3 is 0 Å². The summed E-state index contributed by atoms with van der Waals surface area (Å²) in [5, 5.41) is 2.59. The van der Waals surface area contributed by atoms with E-state index in [1.54, 1.807) is 0 Å². The largest absolute Gasteiger partial charge is 0.208 e. The highest BCUT2D eigenvalue weighted by Gasteiger charge is 2.16. The number of rotatable bonds is 8. The Morgan fingerprint density at radius 3 is 1.21 bits per heavy atom. The zero-order valence-electron chi connectivity index (χ0n) is 33.1. The highest BCUT2D eigenvalue weighted by Crippen LogP contribution is 2.40. The summed E-state index contributed by atoms with van der Waals surface area (Å²) in [4.78, 5) is 15.5. The Morgan fingerprint density at radius 2 is 0.623 bits per heavy atom. The second-order valence-corrected chi connectivity index (χ2v) is 16.3. The molecule has 0 fully saturated rings. The van der Waals surface area contributed by atoms with Gasteiger partial charge in [-0.15, -0.1) is 11.3 Å². The van der Waals surface area contributed by atoms with Gasteiger partial charge in [-0.1, -0.05) is 194 Å². The molecular formula is C57H37N3S. The van der Waals surface area contributed by atoms with E-state index in [1.807, 2.05) is 17.4 Å². The summed E-state index contributed by atoms with van der Waals surface area (Å²) < 4.78 is 2.60. The Bertz CT molecular complexity index is 3260. The van der Waals surface area contributed by atoms with Crippen molar-refractivity contribution in [2.75, 3.05) is 0 Å². The smallest absolute Gasteiger partial charge is 0.164 e. The van der Waals surface area contributed by atoms with Crippen LogP contribution in [0.2, 0.25) is 0 Å². The maximum absolute atomic E-state index is 5.19. The van der Waals surface area contributed by atoms with Crippen LogP contribution in [0.5, 0.6) is 0 Å². The number of hydrogen-bond acceptors (Lipinski definition) is 4. The topological polar surface area (TPSA) is 38.7 Å². The molecule has 0 bridgehead atoms. The summed E-state index contributed by atoms with van der Waals surface area (Å²) in [5.74, 6) is 1.87. The van der Waals surface area contributed by atoms with Crippen LogP contribution in [-0.2, 0) is 0 Å². The monoisotopic (exact) mass is 795 g/mol. The van der Waals surface area contributed by atoms with E-state index in [-0.39, 0.29) is 0 Å². The summed E-state index contributed by atoms with van der Waals surface area (Å²) in [6.45, 7) is 0. The predicted octanol–water partition coefficient (Wildman–Crippen LogP) is 15.6. The van der Waals surface area contributed by atoms with E-state index in [2.05, 4.69) is 218 Å². The average Bonchev–Trinajstić information content (AvgIpc) is 3.74. The molecule has 4 heteroatoms. The van der Waals surface area contributed by atoms with Crippen LogP contribution in [0.4, 0.5) is 0 Å². The van der Waals surface area contributed by atoms with Crippen LogP contribution in [0.15, 0.2) is 224 Å². The number of hydrogen-bond donors (Lipinski definition) is 0. The van der Waals surface area contributed by atoms with Crippen molar-refractivity contribution in [3.8, 4) is 89.8 Å². The van der Waals surface area contributed by atoms with Crippen molar-refractivity contribution in [2.24, 2.45) is 0 Å². The van der Waals surface area contributed by atoms with E-state index in [1.165, 1.54) is 42.4 Å². The van der Waals surface area contributed by atoms with Crippen molar-refractivity contribution < 1.29 is 0 Å². The van der Waals surface area contributed by atoms with Gasteiger partial charge in [0.15, 0.2) is 17.5 Å². The minimum Gasteiger partial charge on any atom is -0.208 e. The molecule has 61 heavy (non-hydrogen) atoms. The van der Waals surface area contributed by atoms with Crippen LogP contribution in [0.1, 0.15) is 0 Å². The molecule has 0 aliphatic rings. The third-order valence-corrected chi connectivity index (χ3v) is 12.6. The molecule has 3 nitrogen and oxygen atoms in total. The normalized spacial score (nSPS) is 11.3. The molecule has 2 aromatic heterocycles. The van der Waals surface area contributed by atoms with Crippen LogP contribution in [0.25, 0.3) is 110 Å². The number of benzene rings is 9. The van der Waals surface area contributed by atoms with Crippen molar-refractivity contribution in [2.45, 2.75) is 0 Å². The van der Waals surface area contributed by atoms with Crippen LogP contribution < -0.4 is 0 Å². The standard InChI is InChI=1S/C57H37N3S/c1-4-14-38(15-5-1)41-26-30-43(31-27-41)55-58-56(44-32-28-42(29-33-44)50-23-13-24-52-51-22-10-11-25-53(51)61-54(50)52)60-57(59-55)46-21-12-20-45(34-46)49-36-47(39-16-6-2-7-17-39)35-48(37-49)40-18-8-3-9-19-40/h1-37H. The molecule has 0 atom stereocenters. The molecule has 11 aromatic rings. The van der Waals surface area contributed by atoms with Crippen molar-refractivity contribution in [1.29, 1.82) is 0 Å². The van der Waals surface area contributed by atoms with E-state index < -0.39 is 0 Å². The molecular weight excluding hydrogens is 759 g/mol. The van der Waals surface area contributed by atoms with Crippen molar-refractivity contribution in [3.05, 3.63) is 224 Å². The maximum atomic E-state index is 5.19. The van der Waals surface area contributed by atoms with Crippen molar-refractivity contribution in [3.63, 3.8) is 0 Å². The molecule has 0 saturated heterocycles. The van der Waals surface area contributed by atoms with Crippen molar-refractivity contribution in [1.82, 2.24) is 15.0 Å². The highest BCUT2D eigenvalue weighted by atomic mass is 32.1. The molecule has 0 amide bonds. The minimum atomic E-state index is 0.621. The summed E-state index contributed by atoms with van der Waals surface area (Å²) in [6, 6.07) is 79.4. The third-order valence-electron chi connectivity index (χ3n) is 11.3. The fourth-order valence-corrected chi connectivity index (χ4v) is 9.44. The van der Waals surface area contributed by atoms with E-state index in [0.29, 0.717) is 17.5 Å². The SMILES string of the molecule is c1ccc(-c2ccc(-c3nc(-c4ccc(-c5cccc6c5sc5ccccc56)cc4)nc(-c4cccc(-c5cc(-c6ccccc6)cc(-c6ccccc6)c5)c4)n3)cc2)cc1. The van der Waals surface area contributed by atoms with Gasteiger partial charge in [0.25, 0.3) is 0 Å². The summed E-state index contributed by atoms with van der Waals surface area (Å²) in [7, 11) is 0. The molecule has 0 radical (unpaired) electrons. The van der Waals surface area contributed by atoms with Gasteiger partial charge in [0.1, 0.15) is 0 Å². The Hall–Kier alpha value is -7.79. The fourth-order valence-electron chi connectivity index (χ4n) is 8.21. The first-order chi connectivity index (χ1) is 30.2. The summed E-state index contributed by atoms with van der Waals surface area (Å²) in [5.41, 5.74) is 14.4. The second-order valence-electron chi connectivity index (χ2n) is 15.2. The quantitative estimate of drug-likeness (QED) is 0.154.